The first-order valence-electron chi connectivity index (χ1n) is 7.56. The Morgan fingerprint density at radius 1 is 1.40 bits per heavy atom. The van der Waals surface area contributed by atoms with Gasteiger partial charge < -0.3 is 15.0 Å². The minimum atomic E-state index is 0.130. The fourth-order valence-corrected chi connectivity index (χ4v) is 3.57. The molecule has 1 N–H and O–H groups in total. The highest BCUT2D eigenvalue weighted by atomic mass is 16.5. The molecule has 2 aliphatic rings. The van der Waals surface area contributed by atoms with Gasteiger partial charge in [0.1, 0.15) is 12.1 Å². The van der Waals surface area contributed by atoms with Gasteiger partial charge in [0.05, 0.1) is 6.61 Å². The molecule has 0 spiro atoms. The predicted molar refractivity (Wildman–Crippen MR) is 79.1 cm³/mol. The summed E-state index contributed by atoms with van der Waals surface area (Å²) in [7, 11) is 0. The number of ether oxygens (including phenoxy) is 1. The molecule has 5 heteroatoms. The second-order valence-corrected chi connectivity index (χ2v) is 6.35. The fraction of sp³-hybridized carbons (Fsp3) is 0.733. The summed E-state index contributed by atoms with van der Waals surface area (Å²) >= 11 is 0. The molecular weight excluding hydrogens is 252 g/mol. The van der Waals surface area contributed by atoms with Gasteiger partial charge in [0.2, 0.25) is 5.88 Å². The summed E-state index contributed by atoms with van der Waals surface area (Å²) in [5, 5.41) is 3.51. The monoisotopic (exact) mass is 276 g/mol. The lowest BCUT2D eigenvalue weighted by Crippen LogP contribution is -2.45. The normalized spacial score (nSPS) is 27.6. The van der Waals surface area contributed by atoms with Crippen LogP contribution in [0, 0.1) is 11.8 Å². The Kier molecular flexibility index (Phi) is 3.54. The van der Waals surface area contributed by atoms with Crippen molar-refractivity contribution in [3.63, 3.8) is 0 Å². The molecule has 3 rings (SSSR count). The van der Waals surface area contributed by atoms with E-state index in [1.54, 1.807) is 6.33 Å². The average Bonchev–Trinajstić information content (AvgIpc) is 2.99. The Morgan fingerprint density at radius 2 is 2.25 bits per heavy atom. The van der Waals surface area contributed by atoms with E-state index in [-0.39, 0.29) is 5.54 Å². The third-order valence-electron chi connectivity index (χ3n) is 4.72. The van der Waals surface area contributed by atoms with Crippen LogP contribution in [0.15, 0.2) is 12.4 Å². The van der Waals surface area contributed by atoms with Gasteiger partial charge in [-0.3, -0.25) is 0 Å². The van der Waals surface area contributed by atoms with Crippen molar-refractivity contribution in [2.45, 2.75) is 32.7 Å². The quantitative estimate of drug-likeness (QED) is 0.907. The molecule has 0 aromatic carbocycles. The highest BCUT2D eigenvalue weighted by Gasteiger charge is 2.50. The molecule has 0 bridgehead atoms. The zero-order chi connectivity index (χ0) is 14.2. The number of aromatic nitrogens is 2. The Balaban J connectivity index is 1.82. The van der Waals surface area contributed by atoms with E-state index in [0.717, 1.165) is 37.8 Å². The molecule has 0 saturated carbocycles. The number of nitrogens with zero attached hydrogens (tertiary/aromatic N) is 3. The Bertz CT molecular complexity index is 477. The van der Waals surface area contributed by atoms with Crippen molar-refractivity contribution in [3.05, 3.63) is 12.4 Å². The van der Waals surface area contributed by atoms with Crippen molar-refractivity contribution in [1.82, 2.24) is 15.3 Å². The first-order valence-corrected chi connectivity index (χ1v) is 7.56. The van der Waals surface area contributed by atoms with Gasteiger partial charge in [0.15, 0.2) is 0 Å². The van der Waals surface area contributed by atoms with E-state index in [9.17, 15) is 0 Å². The maximum absolute atomic E-state index is 5.63. The number of rotatable bonds is 4. The van der Waals surface area contributed by atoms with E-state index in [4.69, 9.17) is 4.74 Å². The van der Waals surface area contributed by atoms with Gasteiger partial charge in [-0.25, -0.2) is 9.97 Å². The molecule has 3 heterocycles. The zero-order valence-corrected chi connectivity index (χ0v) is 12.6. The van der Waals surface area contributed by atoms with Crippen LogP contribution in [0.4, 0.5) is 5.82 Å². The van der Waals surface area contributed by atoms with Crippen LogP contribution in [-0.4, -0.2) is 41.7 Å². The number of hydrogen-bond acceptors (Lipinski definition) is 5. The third kappa shape index (κ3) is 2.24. The molecule has 2 unspecified atom stereocenters. The summed E-state index contributed by atoms with van der Waals surface area (Å²) in [5.41, 5.74) is 0.130. The van der Waals surface area contributed by atoms with Crippen molar-refractivity contribution in [2.24, 2.45) is 11.8 Å². The molecule has 1 aromatic rings. The topological polar surface area (TPSA) is 50.3 Å². The zero-order valence-electron chi connectivity index (χ0n) is 12.6. The standard InChI is InChI=1S/C15H24N4O/c1-4-5-20-14-6-13(17-10-18-14)19-9-11-7-16-8-12(11)15(19,2)3/h6,10-12,16H,4-5,7-9H2,1-3H3. The average molecular weight is 276 g/mol. The molecule has 2 saturated heterocycles. The summed E-state index contributed by atoms with van der Waals surface area (Å²) in [4.78, 5) is 11.1. The van der Waals surface area contributed by atoms with Gasteiger partial charge in [0, 0.05) is 31.2 Å². The lowest BCUT2D eigenvalue weighted by Gasteiger charge is -2.36. The van der Waals surface area contributed by atoms with Crippen molar-refractivity contribution in [3.8, 4) is 5.88 Å². The van der Waals surface area contributed by atoms with Gasteiger partial charge >= 0.3 is 0 Å². The van der Waals surface area contributed by atoms with Crippen molar-refractivity contribution < 1.29 is 4.74 Å². The van der Waals surface area contributed by atoms with Crippen molar-refractivity contribution in [1.29, 1.82) is 0 Å². The summed E-state index contributed by atoms with van der Waals surface area (Å²) in [6.07, 6.45) is 2.60. The van der Waals surface area contributed by atoms with Crippen LogP contribution in [-0.2, 0) is 0 Å². The maximum Gasteiger partial charge on any atom is 0.218 e. The smallest absolute Gasteiger partial charge is 0.218 e. The fourth-order valence-electron chi connectivity index (χ4n) is 3.57. The molecule has 5 nitrogen and oxygen atoms in total. The maximum atomic E-state index is 5.63. The largest absolute Gasteiger partial charge is 0.478 e. The highest BCUT2D eigenvalue weighted by molar-refractivity contribution is 5.46. The van der Waals surface area contributed by atoms with E-state index in [2.05, 4.69) is 41.0 Å². The van der Waals surface area contributed by atoms with Crippen molar-refractivity contribution in [2.75, 3.05) is 31.1 Å². The van der Waals surface area contributed by atoms with Crippen LogP contribution in [0.1, 0.15) is 27.2 Å². The van der Waals surface area contributed by atoms with E-state index >= 15 is 0 Å². The summed E-state index contributed by atoms with van der Waals surface area (Å²) in [6.45, 7) is 10.7. The van der Waals surface area contributed by atoms with E-state index in [1.807, 2.05) is 6.07 Å². The number of nitrogens with one attached hydrogen (secondary N) is 1. The molecular formula is C15H24N4O. The summed E-state index contributed by atoms with van der Waals surface area (Å²) in [5.74, 6) is 3.09. The third-order valence-corrected chi connectivity index (χ3v) is 4.72. The summed E-state index contributed by atoms with van der Waals surface area (Å²) < 4.78 is 5.63. The number of hydrogen-bond donors (Lipinski definition) is 1. The second kappa shape index (κ2) is 5.20. The van der Waals surface area contributed by atoms with E-state index < -0.39 is 0 Å². The second-order valence-electron chi connectivity index (χ2n) is 6.35. The number of anilines is 1. The van der Waals surface area contributed by atoms with Crippen LogP contribution in [0.5, 0.6) is 5.88 Å². The van der Waals surface area contributed by atoms with Gasteiger partial charge in [-0.2, -0.15) is 0 Å². The van der Waals surface area contributed by atoms with Crippen LogP contribution in [0.3, 0.4) is 0 Å². The Morgan fingerprint density at radius 3 is 3.00 bits per heavy atom. The lowest BCUT2D eigenvalue weighted by molar-refractivity contribution is 0.304. The van der Waals surface area contributed by atoms with E-state index in [0.29, 0.717) is 18.4 Å². The van der Waals surface area contributed by atoms with Crippen molar-refractivity contribution >= 4 is 5.82 Å². The molecule has 20 heavy (non-hydrogen) atoms. The van der Waals surface area contributed by atoms with Crippen LogP contribution in [0.2, 0.25) is 0 Å². The van der Waals surface area contributed by atoms with Gasteiger partial charge in [-0.05, 0) is 32.1 Å². The first kappa shape index (κ1) is 13.6. The molecule has 2 aliphatic heterocycles. The molecule has 2 fully saturated rings. The van der Waals surface area contributed by atoms with Crippen LogP contribution < -0.4 is 15.0 Å². The van der Waals surface area contributed by atoms with Crippen LogP contribution in [0.25, 0.3) is 0 Å². The molecule has 0 amide bonds. The van der Waals surface area contributed by atoms with E-state index in [1.165, 1.54) is 0 Å². The predicted octanol–water partition coefficient (Wildman–Crippen LogP) is 1.70. The first-order chi connectivity index (χ1) is 9.63. The molecule has 110 valence electrons. The molecule has 1 aromatic heterocycles. The Labute approximate surface area is 120 Å². The minimum absolute atomic E-state index is 0.130. The number of fused-ring (bicyclic) bond motifs is 1. The Hall–Kier alpha value is -1.36. The highest BCUT2D eigenvalue weighted by Crippen LogP contribution is 2.42. The molecule has 0 radical (unpaired) electrons. The van der Waals surface area contributed by atoms with Gasteiger partial charge in [0.25, 0.3) is 0 Å². The van der Waals surface area contributed by atoms with Gasteiger partial charge in [-0.15, -0.1) is 0 Å². The summed E-state index contributed by atoms with van der Waals surface area (Å²) in [6, 6.07) is 1.98. The molecule has 2 atom stereocenters. The van der Waals surface area contributed by atoms with Crippen LogP contribution >= 0.6 is 0 Å². The molecule has 0 aliphatic carbocycles. The lowest BCUT2D eigenvalue weighted by atomic mass is 9.85. The van der Waals surface area contributed by atoms with Gasteiger partial charge in [-0.1, -0.05) is 6.92 Å². The minimum Gasteiger partial charge on any atom is -0.478 e. The SMILES string of the molecule is CCCOc1cc(N2CC3CNCC3C2(C)C)ncn1.